The fourth-order valence-corrected chi connectivity index (χ4v) is 2.73. The van der Waals surface area contributed by atoms with E-state index in [1.807, 2.05) is 33.0 Å². The van der Waals surface area contributed by atoms with E-state index in [0.29, 0.717) is 13.1 Å². The van der Waals surface area contributed by atoms with E-state index in [0.717, 1.165) is 27.3 Å². The second-order valence-corrected chi connectivity index (χ2v) is 6.26. The second kappa shape index (κ2) is 8.58. The van der Waals surface area contributed by atoms with Crippen LogP contribution in [-0.2, 0) is 11.3 Å². The van der Waals surface area contributed by atoms with Crippen LogP contribution in [0.1, 0.15) is 16.7 Å². The van der Waals surface area contributed by atoms with Crippen molar-refractivity contribution in [1.29, 1.82) is 0 Å². The zero-order valence-electron chi connectivity index (χ0n) is 14.6. The van der Waals surface area contributed by atoms with Crippen LogP contribution in [0.15, 0.2) is 42.5 Å². The quantitative estimate of drug-likeness (QED) is 0.807. The molecule has 0 saturated heterocycles. The minimum absolute atomic E-state index is 0.0693. The van der Waals surface area contributed by atoms with Gasteiger partial charge in [0.15, 0.2) is 6.54 Å². The zero-order valence-corrected chi connectivity index (χ0v) is 14.6. The average Bonchev–Trinajstić information content (AvgIpc) is 2.47. The van der Waals surface area contributed by atoms with E-state index in [1.165, 1.54) is 12.1 Å². The SMILES string of the molecule is Cc1cc(C)cc(NC(=O)C[NH+](C)Cc2ccc(OC(F)F)cc2)c1. The first-order valence-electron chi connectivity index (χ1n) is 8.05. The Morgan fingerprint density at radius 3 is 2.28 bits per heavy atom. The maximum absolute atomic E-state index is 12.2. The molecule has 0 saturated carbocycles. The number of ether oxygens (including phenoxy) is 1. The number of amides is 1. The maximum Gasteiger partial charge on any atom is 0.387 e. The number of halogens is 2. The van der Waals surface area contributed by atoms with E-state index < -0.39 is 6.61 Å². The molecule has 0 aliphatic rings. The summed E-state index contributed by atoms with van der Waals surface area (Å²) in [5.74, 6) is 0.0594. The first kappa shape index (κ1) is 18.9. The van der Waals surface area contributed by atoms with Gasteiger partial charge in [-0.3, -0.25) is 4.79 Å². The lowest BCUT2D eigenvalue weighted by Crippen LogP contribution is -3.08. The van der Waals surface area contributed by atoms with Crippen LogP contribution < -0.4 is 15.0 Å². The van der Waals surface area contributed by atoms with Crippen molar-refractivity contribution >= 4 is 11.6 Å². The number of carbonyl (C=O) groups is 1. The van der Waals surface area contributed by atoms with Gasteiger partial charge < -0.3 is 15.0 Å². The molecule has 2 aromatic carbocycles. The van der Waals surface area contributed by atoms with Crippen molar-refractivity contribution in [3.63, 3.8) is 0 Å². The number of hydrogen-bond donors (Lipinski definition) is 2. The average molecular weight is 349 g/mol. The van der Waals surface area contributed by atoms with Crippen molar-refractivity contribution < 1.29 is 23.2 Å². The predicted molar refractivity (Wildman–Crippen MR) is 93.1 cm³/mol. The van der Waals surface area contributed by atoms with E-state index >= 15 is 0 Å². The number of aryl methyl sites for hydroxylation is 2. The van der Waals surface area contributed by atoms with E-state index in [1.54, 1.807) is 12.1 Å². The lowest BCUT2D eigenvalue weighted by molar-refractivity contribution is -0.885. The highest BCUT2D eigenvalue weighted by Crippen LogP contribution is 2.15. The summed E-state index contributed by atoms with van der Waals surface area (Å²) >= 11 is 0. The lowest BCUT2D eigenvalue weighted by atomic mass is 10.1. The Balaban J connectivity index is 1.86. The molecule has 2 aromatic rings. The van der Waals surface area contributed by atoms with Gasteiger partial charge in [-0.25, -0.2) is 0 Å². The molecule has 2 N–H and O–H groups in total. The number of nitrogens with one attached hydrogen (secondary N) is 2. The van der Waals surface area contributed by atoms with Crippen LogP contribution in [0.5, 0.6) is 5.75 Å². The Morgan fingerprint density at radius 2 is 1.72 bits per heavy atom. The fourth-order valence-electron chi connectivity index (χ4n) is 2.73. The number of benzene rings is 2. The van der Waals surface area contributed by atoms with Gasteiger partial charge in [-0.2, -0.15) is 8.78 Å². The number of quaternary nitrogens is 1. The Labute approximate surface area is 146 Å². The number of anilines is 1. The largest absolute Gasteiger partial charge is 0.435 e. The van der Waals surface area contributed by atoms with E-state index in [9.17, 15) is 13.6 Å². The fraction of sp³-hybridized carbons (Fsp3) is 0.316. The number of hydrogen-bond acceptors (Lipinski definition) is 2. The molecule has 0 aliphatic carbocycles. The summed E-state index contributed by atoms with van der Waals surface area (Å²) < 4.78 is 28.6. The minimum atomic E-state index is -2.83. The molecule has 1 atom stereocenters. The molecule has 4 nitrogen and oxygen atoms in total. The molecule has 0 bridgehead atoms. The van der Waals surface area contributed by atoms with Gasteiger partial charge in [-0.1, -0.05) is 6.07 Å². The lowest BCUT2D eigenvalue weighted by Gasteiger charge is -2.15. The van der Waals surface area contributed by atoms with Gasteiger partial charge in [-0.05, 0) is 61.4 Å². The standard InChI is InChI=1S/C19H22F2N2O2/c1-13-8-14(2)10-16(9-13)22-18(24)12-23(3)11-15-4-6-17(7-5-15)25-19(20)21/h4-10,19H,11-12H2,1-3H3,(H,22,24)/p+1. The van der Waals surface area contributed by atoms with Crippen molar-refractivity contribution in [3.05, 3.63) is 59.2 Å². The van der Waals surface area contributed by atoms with Crippen LogP contribution in [0, 0.1) is 13.8 Å². The van der Waals surface area contributed by atoms with Crippen molar-refractivity contribution in [2.45, 2.75) is 27.0 Å². The summed E-state index contributed by atoms with van der Waals surface area (Å²) in [6.07, 6.45) is 0. The van der Waals surface area contributed by atoms with E-state index in [2.05, 4.69) is 16.1 Å². The Morgan fingerprint density at radius 1 is 1.12 bits per heavy atom. The van der Waals surface area contributed by atoms with Crippen LogP contribution in [0.25, 0.3) is 0 Å². The highest BCUT2D eigenvalue weighted by Gasteiger charge is 2.12. The summed E-state index contributed by atoms with van der Waals surface area (Å²) in [5.41, 5.74) is 3.94. The highest BCUT2D eigenvalue weighted by molar-refractivity contribution is 5.91. The first-order valence-corrected chi connectivity index (χ1v) is 8.05. The molecule has 25 heavy (non-hydrogen) atoms. The van der Waals surface area contributed by atoms with Crippen LogP contribution in [0.4, 0.5) is 14.5 Å². The van der Waals surface area contributed by atoms with Crippen LogP contribution in [-0.4, -0.2) is 26.1 Å². The number of rotatable bonds is 7. The third-order valence-electron chi connectivity index (χ3n) is 3.62. The molecule has 2 rings (SSSR count). The van der Waals surface area contributed by atoms with Crippen LogP contribution >= 0.6 is 0 Å². The van der Waals surface area contributed by atoms with Crippen LogP contribution in [0.2, 0.25) is 0 Å². The van der Waals surface area contributed by atoms with Crippen molar-refractivity contribution in [3.8, 4) is 5.75 Å². The molecule has 0 aliphatic heterocycles. The molecule has 0 radical (unpaired) electrons. The van der Waals surface area contributed by atoms with Crippen molar-refractivity contribution in [2.24, 2.45) is 0 Å². The van der Waals surface area contributed by atoms with Gasteiger partial charge in [-0.15, -0.1) is 0 Å². The van der Waals surface area contributed by atoms with E-state index in [-0.39, 0.29) is 11.7 Å². The molecule has 1 unspecified atom stereocenters. The number of alkyl halides is 2. The Kier molecular flexibility index (Phi) is 6.47. The van der Waals surface area contributed by atoms with Gasteiger partial charge in [0, 0.05) is 11.3 Å². The summed E-state index contributed by atoms with van der Waals surface area (Å²) in [6, 6.07) is 12.4. The van der Waals surface area contributed by atoms with Gasteiger partial charge >= 0.3 is 6.61 Å². The zero-order chi connectivity index (χ0) is 18.4. The third kappa shape index (κ3) is 6.51. The van der Waals surface area contributed by atoms with Gasteiger partial charge in [0.05, 0.1) is 7.05 Å². The highest BCUT2D eigenvalue weighted by atomic mass is 19.3. The Bertz CT molecular complexity index is 698. The molecular weight excluding hydrogens is 326 g/mol. The Hall–Kier alpha value is -2.47. The summed E-state index contributed by atoms with van der Waals surface area (Å²) in [7, 11) is 1.91. The third-order valence-corrected chi connectivity index (χ3v) is 3.62. The monoisotopic (exact) mass is 349 g/mol. The second-order valence-electron chi connectivity index (χ2n) is 6.26. The maximum atomic E-state index is 12.2. The molecule has 134 valence electrons. The summed E-state index contributed by atoms with van der Waals surface area (Å²) in [5, 5.41) is 2.91. The topological polar surface area (TPSA) is 42.8 Å². The van der Waals surface area contributed by atoms with Crippen molar-refractivity contribution in [2.75, 3.05) is 18.9 Å². The van der Waals surface area contributed by atoms with Gasteiger partial charge in [0.1, 0.15) is 12.3 Å². The number of likely N-dealkylation sites (N-methyl/N-ethyl adjacent to an activating group) is 1. The van der Waals surface area contributed by atoms with Crippen molar-refractivity contribution in [1.82, 2.24) is 0 Å². The summed E-state index contributed by atoms with van der Waals surface area (Å²) in [6.45, 7) is 2.06. The molecule has 0 fully saturated rings. The summed E-state index contributed by atoms with van der Waals surface area (Å²) in [4.78, 5) is 13.2. The van der Waals surface area contributed by atoms with Gasteiger partial charge in [0.2, 0.25) is 0 Å². The predicted octanol–water partition coefficient (Wildman–Crippen LogP) is 2.56. The normalized spacial score (nSPS) is 12.1. The number of carbonyl (C=O) groups excluding carboxylic acids is 1. The molecule has 0 aromatic heterocycles. The minimum Gasteiger partial charge on any atom is -0.435 e. The van der Waals surface area contributed by atoms with E-state index in [4.69, 9.17) is 0 Å². The molecule has 0 spiro atoms. The molecule has 0 heterocycles. The first-order chi connectivity index (χ1) is 11.8. The molecule has 6 heteroatoms. The van der Waals surface area contributed by atoms with Gasteiger partial charge in [0.25, 0.3) is 5.91 Å². The molecular formula is C19H23F2N2O2+. The smallest absolute Gasteiger partial charge is 0.387 e. The van der Waals surface area contributed by atoms with Crippen LogP contribution in [0.3, 0.4) is 0 Å². The molecule has 1 amide bonds.